The van der Waals surface area contributed by atoms with Gasteiger partial charge in [-0.15, -0.1) is 0 Å². The minimum Gasteiger partial charge on any atom is -0.394 e. The molecule has 110 valence electrons. The second kappa shape index (κ2) is 5.21. The van der Waals surface area contributed by atoms with Crippen LogP contribution in [0.15, 0.2) is 30.3 Å². The molecule has 0 bridgehead atoms. The summed E-state index contributed by atoms with van der Waals surface area (Å²) in [5, 5.41) is 9.64. The third-order valence-corrected chi connectivity index (χ3v) is 4.88. The highest BCUT2D eigenvalue weighted by Gasteiger charge is 2.54. The lowest BCUT2D eigenvalue weighted by molar-refractivity contribution is -0.141. The number of carbonyl (C=O) groups excluding carboxylic acids is 1. The number of aliphatic hydroxyl groups is 1. The molecule has 2 atom stereocenters. The Morgan fingerprint density at radius 2 is 1.90 bits per heavy atom. The SMILES string of the molecule is CC(C)(C)C1(C)C[C@@H](CO)N(Cc2ccccc2)C1=O. The van der Waals surface area contributed by atoms with E-state index in [1.807, 2.05) is 42.2 Å². The standard InChI is InChI=1S/C17H25NO2/c1-16(2,3)17(4)10-14(12-19)18(15(17)20)11-13-8-6-5-7-9-13/h5-9,14,19H,10-12H2,1-4H3/t14-,17?/m0/s1. The van der Waals surface area contributed by atoms with Gasteiger partial charge in [-0.25, -0.2) is 0 Å². The Balaban J connectivity index is 2.27. The van der Waals surface area contributed by atoms with E-state index >= 15 is 0 Å². The maximum absolute atomic E-state index is 12.9. The lowest BCUT2D eigenvalue weighted by Crippen LogP contribution is -2.41. The summed E-state index contributed by atoms with van der Waals surface area (Å²) in [5.41, 5.74) is 0.593. The number of nitrogens with zero attached hydrogens (tertiary/aromatic N) is 1. The van der Waals surface area contributed by atoms with Crippen molar-refractivity contribution in [1.29, 1.82) is 0 Å². The van der Waals surface area contributed by atoms with Crippen molar-refractivity contribution in [3.63, 3.8) is 0 Å². The third-order valence-electron chi connectivity index (χ3n) is 4.88. The van der Waals surface area contributed by atoms with Crippen molar-refractivity contribution in [2.24, 2.45) is 10.8 Å². The molecule has 2 rings (SSSR count). The third kappa shape index (κ3) is 2.47. The van der Waals surface area contributed by atoms with Crippen molar-refractivity contribution in [3.05, 3.63) is 35.9 Å². The fourth-order valence-electron chi connectivity index (χ4n) is 2.92. The smallest absolute Gasteiger partial charge is 0.229 e. The summed E-state index contributed by atoms with van der Waals surface area (Å²) in [6.07, 6.45) is 0.721. The van der Waals surface area contributed by atoms with E-state index in [1.54, 1.807) is 0 Å². The number of rotatable bonds is 3. The number of amides is 1. The number of hydrogen-bond acceptors (Lipinski definition) is 2. The van der Waals surface area contributed by atoms with Crippen molar-refractivity contribution < 1.29 is 9.90 Å². The van der Waals surface area contributed by atoms with E-state index in [-0.39, 0.29) is 24.0 Å². The minimum absolute atomic E-state index is 0.0320. The van der Waals surface area contributed by atoms with Gasteiger partial charge >= 0.3 is 0 Å². The quantitative estimate of drug-likeness (QED) is 0.921. The molecule has 1 N–H and O–H groups in total. The molecule has 1 amide bonds. The van der Waals surface area contributed by atoms with Gasteiger partial charge in [-0.2, -0.15) is 0 Å². The van der Waals surface area contributed by atoms with Gasteiger partial charge in [0, 0.05) is 6.54 Å². The van der Waals surface area contributed by atoms with Crippen LogP contribution in [0.4, 0.5) is 0 Å². The zero-order valence-corrected chi connectivity index (χ0v) is 12.9. The van der Waals surface area contributed by atoms with Crippen molar-refractivity contribution >= 4 is 5.91 Å². The summed E-state index contributed by atoms with van der Waals surface area (Å²) in [7, 11) is 0. The molecule has 1 aromatic rings. The molecule has 1 aliphatic heterocycles. The Kier molecular flexibility index (Phi) is 3.92. The zero-order valence-electron chi connectivity index (χ0n) is 12.9. The van der Waals surface area contributed by atoms with Gasteiger partial charge in [0.25, 0.3) is 0 Å². The highest BCUT2D eigenvalue weighted by molar-refractivity contribution is 5.86. The number of carbonyl (C=O) groups is 1. The number of benzene rings is 1. The average molecular weight is 275 g/mol. The topological polar surface area (TPSA) is 40.5 Å². The van der Waals surface area contributed by atoms with Crippen LogP contribution in [0.1, 0.15) is 39.7 Å². The summed E-state index contributed by atoms with van der Waals surface area (Å²) in [6, 6.07) is 9.90. The summed E-state index contributed by atoms with van der Waals surface area (Å²) < 4.78 is 0. The van der Waals surface area contributed by atoms with E-state index in [4.69, 9.17) is 0 Å². The lowest BCUT2D eigenvalue weighted by Gasteiger charge is -2.36. The van der Waals surface area contributed by atoms with E-state index in [0.29, 0.717) is 6.54 Å². The zero-order chi connectivity index (χ0) is 15.0. The molecule has 1 fully saturated rings. The van der Waals surface area contributed by atoms with Gasteiger partial charge in [-0.3, -0.25) is 4.79 Å². The van der Waals surface area contributed by atoms with Crippen LogP contribution in [0.5, 0.6) is 0 Å². The van der Waals surface area contributed by atoms with Gasteiger partial charge in [0.1, 0.15) is 0 Å². The molecule has 3 nitrogen and oxygen atoms in total. The molecule has 1 saturated heterocycles. The highest BCUT2D eigenvalue weighted by Crippen LogP contribution is 2.49. The van der Waals surface area contributed by atoms with Gasteiger partial charge in [-0.1, -0.05) is 58.0 Å². The summed E-state index contributed by atoms with van der Waals surface area (Å²) >= 11 is 0. The Labute approximate surface area is 121 Å². The molecular weight excluding hydrogens is 250 g/mol. The van der Waals surface area contributed by atoms with Gasteiger partial charge in [-0.05, 0) is 17.4 Å². The second-order valence-corrected chi connectivity index (χ2v) is 7.04. The van der Waals surface area contributed by atoms with Crippen LogP contribution in [0.3, 0.4) is 0 Å². The van der Waals surface area contributed by atoms with Crippen LogP contribution in [0.25, 0.3) is 0 Å². The van der Waals surface area contributed by atoms with E-state index < -0.39 is 5.41 Å². The fourth-order valence-corrected chi connectivity index (χ4v) is 2.92. The maximum atomic E-state index is 12.9. The first-order chi connectivity index (χ1) is 9.29. The number of aliphatic hydroxyl groups excluding tert-OH is 1. The molecule has 1 aliphatic rings. The van der Waals surface area contributed by atoms with E-state index in [2.05, 4.69) is 20.8 Å². The normalized spacial score (nSPS) is 27.1. The Morgan fingerprint density at radius 1 is 1.30 bits per heavy atom. The first-order valence-corrected chi connectivity index (χ1v) is 7.25. The fraction of sp³-hybridized carbons (Fsp3) is 0.588. The Morgan fingerprint density at radius 3 is 2.40 bits per heavy atom. The van der Waals surface area contributed by atoms with Gasteiger partial charge < -0.3 is 10.0 Å². The van der Waals surface area contributed by atoms with Crippen LogP contribution in [0.2, 0.25) is 0 Å². The molecule has 0 aliphatic carbocycles. The molecule has 1 aromatic carbocycles. The predicted octanol–water partition coefficient (Wildman–Crippen LogP) is 2.83. The van der Waals surface area contributed by atoms with E-state index in [9.17, 15) is 9.90 Å². The largest absolute Gasteiger partial charge is 0.394 e. The van der Waals surface area contributed by atoms with Crippen molar-refractivity contribution in [2.75, 3.05) is 6.61 Å². The molecule has 0 aromatic heterocycles. The molecule has 0 saturated carbocycles. The summed E-state index contributed by atoms with van der Waals surface area (Å²) in [5.74, 6) is 0.160. The van der Waals surface area contributed by atoms with Crippen molar-refractivity contribution in [1.82, 2.24) is 4.90 Å². The van der Waals surface area contributed by atoms with Crippen LogP contribution in [0, 0.1) is 10.8 Å². The number of hydrogen-bond donors (Lipinski definition) is 1. The van der Waals surface area contributed by atoms with Crippen molar-refractivity contribution in [2.45, 2.75) is 46.7 Å². The van der Waals surface area contributed by atoms with Gasteiger partial charge in [0.2, 0.25) is 5.91 Å². The molecular formula is C17H25NO2. The predicted molar refractivity (Wildman–Crippen MR) is 80.0 cm³/mol. The van der Waals surface area contributed by atoms with Crippen LogP contribution in [-0.2, 0) is 11.3 Å². The van der Waals surface area contributed by atoms with Gasteiger partial charge in [0.05, 0.1) is 18.1 Å². The summed E-state index contributed by atoms with van der Waals surface area (Å²) in [4.78, 5) is 14.7. The molecule has 1 unspecified atom stereocenters. The van der Waals surface area contributed by atoms with Crippen molar-refractivity contribution in [3.8, 4) is 0 Å². The highest BCUT2D eigenvalue weighted by atomic mass is 16.3. The van der Waals surface area contributed by atoms with Gasteiger partial charge in [0.15, 0.2) is 0 Å². The van der Waals surface area contributed by atoms with E-state index in [1.165, 1.54) is 0 Å². The molecule has 1 heterocycles. The minimum atomic E-state index is -0.408. The first-order valence-electron chi connectivity index (χ1n) is 7.25. The molecule has 20 heavy (non-hydrogen) atoms. The monoisotopic (exact) mass is 275 g/mol. The summed E-state index contributed by atoms with van der Waals surface area (Å²) in [6.45, 7) is 8.95. The molecule has 0 radical (unpaired) electrons. The first kappa shape index (κ1) is 15.0. The Bertz CT molecular complexity index is 478. The Hall–Kier alpha value is -1.35. The maximum Gasteiger partial charge on any atom is 0.229 e. The van der Waals surface area contributed by atoms with Crippen LogP contribution < -0.4 is 0 Å². The van der Waals surface area contributed by atoms with E-state index in [0.717, 1.165) is 12.0 Å². The van der Waals surface area contributed by atoms with Crippen LogP contribution >= 0.6 is 0 Å². The average Bonchev–Trinajstić information content (AvgIpc) is 2.65. The second-order valence-electron chi connectivity index (χ2n) is 7.04. The molecule has 3 heteroatoms. The lowest BCUT2D eigenvalue weighted by atomic mass is 9.66. The molecule has 0 spiro atoms. The van der Waals surface area contributed by atoms with Crippen LogP contribution in [-0.4, -0.2) is 28.6 Å². The number of likely N-dealkylation sites (tertiary alicyclic amines) is 1.